The fraction of sp³-hybridized carbons (Fsp3) is 0.783. The Labute approximate surface area is 832 Å². The SMILES string of the molecule is CC(C)(C)OC(=O)N(C(=O)OC(C)(C)C)c1ccn([C@H]2C[C@H](O)[C@@H](CO)O2)c(=O)n1.CCCCO.CCCCOP(OCCC#N)N(C(C)C)C(C)C.CCN(C(C)C)P(OCCC#N)N(C(C)C)C(C)C.Nc1ccn([C@H]2C[C@H](O)[C@@H](CO)O2)c(=O)n1.[C-]#[N+]CCOP(OCCCC)OC[C@H]1O[C@@H](n2ccc(N(C(=O)OC(C)(C)C)C(=O)OC(C)(C)C)nc2=O)C[C@@H]1OP(OCCC#N)OCCCC. The first-order chi connectivity index (χ1) is 65.8. The first-order valence-corrected chi connectivity index (χ1v) is 52.1. The van der Waals surface area contributed by atoms with Gasteiger partial charge in [0, 0.05) is 81.2 Å². The van der Waals surface area contributed by atoms with Crippen molar-refractivity contribution in [3.05, 3.63) is 79.7 Å². The lowest BCUT2D eigenvalue weighted by atomic mass is 10.2. The number of nitriles is 3. The van der Waals surface area contributed by atoms with Crippen LogP contribution in [0.2, 0.25) is 0 Å². The Kier molecular flexibility index (Phi) is 64.5. The first-order valence-electron chi connectivity index (χ1n) is 47.6. The third-order valence-corrected chi connectivity index (χ3v) is 26.0. The van der Waals surface area contributed by atoms with Gasteiger partial charge in [0.05, 0.1) is 115 Å². The average Bonchev–Trinajstić information content (AvgIpc) is 1.63. The lowest BCUT2D eigenvalue weighted by Crippen LogP contribution is -2.45. The molecule has 0 spiro atoms. The van der Waals surface area contributed by atoms with Crippen LogP contribution in [0.4, 0.5) is 36.6 Å². The summed E-state index contributed by atoms with van der Waals surface area (Å²) in [5, 5.41) is 71.8. The number of ether oxygens (including phenoxy) is 7. The molecule has 48 heteroatoms. The highest BCUT2D eigenvalue weighted by Gasteiger charge is 2.44. The molecule has 140 heavy (non-hydrogen) atoms. The van der Waals surface area contributed by atoms with Crippen molar-refractivity contribution < 1.29 is 119 Å². The number of nitrogen functional groups attached to an aromatic ring is 1. The van der Waals surface area contributed by atoms with Gasteiger partial charge in [-0.3, -0.25) is 13.7 Å². The predicted molar refractivity (Wildman–Crippen MR) is 532 cm³/mol. The number of anilines is 3. The number of nitrogens with zero attached hydrogens (tertiary/aromatic N) is 15. The molecule has 3 aromatic rings. The van der Waals surface area contributed by atoms with Crippen molar-refractivity contribution in [2.75, 3.05) is 101 Å². The van der Waals surface area contributed by atoms with Gasteiger partial charge in [-0.2, -0.15) is 40.5 Å². The lowest BCUT2D eigenvalue weighted by molar-refractivity contribution is -0.0458. The van der Waals surface area contributed by atoms with Gasteiger partial charge in [-0.25, -0.2) is 54.1 Å². The minimum absolute atomic E-state index is 0.0708. The number of amides is 4. The predicted octanol–water partition coefficient (Wildman–Crippen LogP) is 16.4. The van der Waals surface area contributed by atoms with E-state index in [1.165, 1.54) is 45.9 Å². The van der Waals surface area contributed by atoms with E-state index in [2.05, 4.69) is 136 Å². The summed E-state index contributed by atoms with van der Waals surface area (Å²) in [6.07, 6.45) is 1.77. The molecule has 0 saturated carbocycles. The topological polar surface area (TPSA) is 540 Å². The molecule has 0 bridgehead atoms. The van der Waals surface area contributed by atoms with E-state index in [1.807, 2.05) is 19.9 Å². The van der Waals surface area contributed by atoms with Crippen LogP contribution in [0.25, 0.3) is 4.85 Å². The third-order valence-electron chi connectivity index (χ3n) is 18.6. The molecule has 3 saturated heterocycles. The van der Waals surface area contributed by atoms with Crippen molar-refractivity contribution in [3.63, 3.8) is 0 Å². The second kappa shape index (κ2) is 69.0. The zero-order valence-corrected chi connectivity index (χ0v) is 90.9. The summed E-state index contributed by atoms with van der Waals surface area (Å²) in [6.45, 7) is 62.2. The van der Waals surface area contributed by atoms with Gasteiger partial charge in [-0.05, 0) is 196 Å². The molecule has 3 aromatic heterocycles. The Morgan fingerprint density at radius 1 is 0.486 bits per heavy atom. The lowest BCUT2D eigenvalue weighted by Gasteiger charge is -2.43. The number of aliphatic hydroxyl groups excluding tert-OH is 5. The molecule has 0 radical (unpaired) electrons. The number of aromatic nitrogens is 6. The number of nitrogens with two attached hydrogens (primary N) is 1. The maximum atomic E-state index is 13.5. The molecule has 3 aliphatic rings. The van der Waals surface area contributed by atoms with Gasteiger partial charge < -0.3 is 110 Å². The van der Waals surface area contributed by atoms with Crippen LogP contribution < -0.4 is 32.6 Å². The highest BCUT2D eigenvalue weighted by atomic mass is 31.2. The normalized spacial score (nSPS) is 18.9. The Bertz CT molecular complexity index is 4300. The van der Waals surface area contributed by atoms with Crippen LogP contribution in [0.3, 0.4) is 0 Å². The Hall–Kier alpha value is -7.20. The number of hydrogen-bond donors (Lipinski definition) is 6. The van der Waals surface area contributed by atoms with Crippen LogP contribution in [0.5, 0.6) is 0 Å². The summed E-state index contributed by atoms with van der Waals surface area (Å²) < 4.78 is 102. The average molecular weight is 2060 g/mol. The number of carbonyl (C=O) groups is 4. The van der Waals surface area contributed by atoms with E-state index in [9.17, 15) is 48.9 Å². The second-order valence-corrected chi connectivity index (χ2v) is 42.7. The van der Waals surface area contributed by atoms with E-state index in [1.54, 1.807) is 83.1 Å². The summed E-state index contributed by atoms with van der Waals surface area (Å²) in [5.41, 5.74) is -0.561. The zero-order chi connectivity index (χ0) is 106. The van der Waals surface area contributed by atoms with Gasteiger partial charge >= 0.3 is 58.6 Å². The smallest absolute Gasteiger partial charge is 0.425 e. The third kappa shape index (κ3) is 51.0. The van der Waals surface area contributed by atoms with Crippen LogP contribution in [0.15, 0.2) is 51.2 Å². The van der Waals surface area contributed by atoms with Crippen molar-refractivity contribution in [1.29, 1.82) is 15.8 Å². The van der Waals surface area contributed by atoms with E-state index in [0.29, 0.717) is 85.9 Å². The molecule has 7 N–H and O–H groups in total. The van der Waals surface area contributed by atoms with Gasteiger partial charge in [-0.1, -0.05) is 60.3 Å². The number of rotatable bonds is 47. The minimum Gasteiger partial charge on any atom is -0.443 e. The van der Waals surface area contributed by atoms with E-state index in [4.69, 9.17) is 112 Å². The highest BCUT2D eigenvalue weighted by molar-refractivity contribution is 7.47. The molecule has 0 aliphatic carbocycles. The fourth-order valence-corrected chi connectivity index (χ4v) is 18.4. The van der Waals surface area contributed by atoms with Crippen molar-refractivity contribution in [2.45, 2.75) is 385 Å². The van der Waals surface area contributed by atoms with Crippen LogP contribution in [0.1, 0.15) is 296 Å². The van der Waals surface area contributed by atoms with E-state index in [0.717, 1.165) is 69.1 Å². The van der Waals surface area contributed by atoms with E-state index < -0.39 is 160 Å². The van der Waals surface area contributed by atoms with Crippen molar-refractivity contribution in [2.24, 2.45) is 0 Å². The number of imide groups is 2. The van der Waals surface area contributed by atoms with Crippen molar-refractivity contribution in [1.82, 2.24) is 42.7 Å². The van der Waals surface area contributed by atoms with Crippen LogP contribution >= 0.6 is 34.2 Å². The van der Waals surface area contributed by atoms with Crippen LogP contribution in [0, 0.1) is 40.6 Å². The van der Waals surface area contributed by atoms with E-state index in [-0.39, 0.29) is 76.1 Å². The molecule has 4 unspecified atom stereocenters. The Morgan fingerprint density at radius 2 is 0.836 bits per heavy atom. The fourth-order valence-electron chi connectivity index (χ4n) is 12.4. The number of hydrogen-bond acceptors (Lipinski definition) is 38. The summed E-state index contributed by atoms with van der Waals surface area (Å²) in [7, 11) is -5.58. The number of aliphatic hydroxyl groups is 5. The quantitative estimate of drug-likeness (QED) is 0.0132. The number of unbranched alkanes of at least 4 members (excludes halogenated alkanes) is 4. The summed E-state index contributed by atoms with van der Waals surface area (Å²) in [5.74, 6) is -0.448. The van der Waals surface area contributed by atoms with Crippen molar-refractivity contribution >= 4 is 76.0 Å². The van der Waals surface area contributed by atoms with Crippen LogP contribution in [-0.2, 0) is 73.9 Å². The zero-order valence-electron chi connectivity index (χ0n) is 87.3. The Balaban J connectivity index is 0.000000937. The summed E-state index contributed by atoms with van der Waals surface area (Å²) in [4.78, 5) is 105. The summed E-state index contributed by atoms with van der Waals surface area (Å²) >= 11 is 0. The van der Waals surface area contributed by atoms with Gasteiger partial charge in [0.25, 0.3) is 8.53 Å². The monoisotopic (exact) mass is 2060 g/mol. The molecule has 3 fully saturated rings. The highest BCUT2D eigenvalue weighted by Crippen LogP contribution is 2.51. The molecule has 4 amide bonds. The van der Waals surface area contributed by atoms with Crippen LogP contribution in [-0.4, -0.2) is 268 Å². The second-order valence-electron chi connectivity index (χ2n) is 37.1. The van der Waals surface area contributed by atoms with Gasteiger partial charge in [0.1, 0.15) is 71.8 Å². The largest absolute Gasteiger partial charge is 0.443 e. The van der Waals surface area contributed by atoms with Gasteiger partial charge in [-0.15, -0.1) is 0 Å². The molecule has 0 aromatic carbocycles. The summed E-state index contributed by atoms with van der Waals surface area (Å²) in [6, 6.07) is 12.4. The molecule has 13 atom stereocenters. The molecular formula is C92H162N16O28P4. The number of carbonyl (C=O) groups excluding carboxylic acids is 4. The maximum absolute atomic E-state index is 13.5. The molecule has 44 nitrogen and oxygen atoms in total. The molecular weight excluding hydrogens is 1900 g/mol. The first kappa shape index (κ1) is 131. The van der Waals surface area contributed by atoms with Gasteiger partial charge in [0.2, 0.25) is 6.54 Å². The van der Waals surface area contributed by atoms with Crippen molar-refractivity contribution in [3.8, 4) is 18.2 Å². The molecule has 3 aliphatic heterocycles. The Morgan fingerprint density at radius 3 is 1.17 bits per heavy atom. The molecule has 6 heterocycles. The molecule has 6 rings (SSSR count). The molecule has 798 valence electrons. The maximum Gasteiger partial charge on any atom is 0.425 e. The standard InChI is InChI=1S/C33H53N5O12P2.C19H29N3O8.C14H30N3OP.C13H27N2O2P.C9H13N3O4.C4H10O/c1-10-12-19-42-51(45-22-17-35-9)46-24-26-25(50-52(43-20-13-11-2)44-21-14-16-34)23-28(47-26)37-18-15-27(36-29(37)39)38(30(40)48-32(3,4)5)31(41)49-33(6,7)8;1-18(2,3)29-16(26)22(17(27)30-19(4,5)6)13-7-8-21(15(25)20-13)14-9-11(24)12(10-23)28-14;1-8-16(12(2)3)19(18-11-9-10-15)17(13(4)5)14(6)7;1-6-7-10-16-18(17-11-8-9-14)15(12(2)3)13(4)5;10-7-1-2-12(9(15)11-7)8-3-5(14)6(4-13)16-8;1-2-3-4-5/h15,18,25-26,28H,10-14,17,19-24H2,1-8H3;7-8,11-12,14,23-24H,9-10H2,1-6H3;12-14H,8-9,11H2,1-7H3;12-13H,6-8,10-11H2,1-5H3;1-2,5-6,8,13-14H,3-4H2,(H2,10,11,15);5H,2-4H2,1H3/t25-,26+,28+,51?,52?;11-,12+,14+;;;5-,6+,8+;/m00..0./s1. The van der Waals surface area contributed by atoms with E-state index >= 15 is 0 Å². The van der Waals surface area contributed by atoms with Gasteiger partial charge in [0.15, 0.2) is 20.1 Å². The minimum atomic E-state index is -1.91.